The number of hydrogen-bond acceptors (Lipinski definition) is 4. The van der Waals surface area contributed by atoms with Crippen molar-refractivity contribution in [2.45, 2.75) is 16.3 Å². The van der Waals surface area contributed by atoms with Gasteiger partial charge in [0, 0.05) is 54.0 Å². The van der Waals surface area contributed by atoms with Crippen LogP contribution in [0.4, 0.5) is 10.1 Å². The number of nitrogens with zero attached hydrogens (tertiary/aromatic N) is 3. The predicted molar refractivity (Wildman–Crippen MR) is 134 cm³/mol. The topological polar surface area (TPSA) is 62.6 Å². The minimum atomic E-state index is -3.80. The molecule has 1 saturated heterocycles. The lowest BCUT2D eigenvalue weighted by Crippen LogP contribution is -2.49. The molecule has 2 heterocycles. The van der Waals surface area contributed by atoms with Gasteiger partial charge >= 0.3 is 0 Å². The number of sulfone groups is 1. The fraction of sp³-hybridized carbons (Fsp3) is 0.192. The Morgan fingerprint density at radius 1 is 0.886 bits per heavy atom. The van der Waals surface area contributed by atoms with E-state index in [1.54, 1.807) is 52.1 Å². The zero-order valence-electron chi connectivity index (χ0n) is 18.8. The number of anilines is 1. The van der Waals surface area contributed by atoms with E-state index in [4.69, 9.17) is 11.6 Å². The molecule has 1 aliphatic heterocycles. The summed E-state index contributed by atoms with van der Waals surface area (Å²) in [4.78, 5) is 17.3. The Morgan fingerprint density at radius 2 is 1.54 bits per heavy atom. The summed E-state index contributed by atoms with van der Waals surface area (Å²) in [7, 11) is -3.80. The summed E-state index contributed by atoms with van der Waals surface area (Å²) in [5.74, 6) is -0.362. The Balaban J connectivity index is 1.36. The van der Waals surface area contributed by atoms with Crippen LogP contribution in [0.15, 0.2) is 88.8 Å². The smallest absolute Gasteiger partial charge is 0.242 e. The largest absolute Gasteiger partial charge is 0.368 e. The number of benzene rings is 3. The number of carbonyl (C=O) groups excluding carboxylic acids is 1. The fourth-order valence-electron chi connectivity index (χ4n) is 4.41. The second-order valence-corrected chi connectivity index (χ2v) is 10.8. The maximum Gasteiger partial charge on any atom is 0.242 e. The summed E-state index contributed by atoms with van der Waals surface area (Å²) in [5.41, 5.74) is 1.60. The Labute approximate surface area is 208 Å². The zero-order chi connectivity index (χ0) is 24.6. The molecule has 6 nitrogen and oxygen atoms in total. The Morgan fingerprint density at radius 3 is 2.23 bits per heavy atom. The number of amides is 1. The number of hydrogen-bond donors (Lipinski definition) is 0. The minimum absolute atomic E-state index is 0.0349. The van der Waals surface area contributed by atoms with E-state index in [0.717, 1.165) is 5.69 Å². The number of piperazine rings is 1. The lowest BCUT2D eigenvalue weighted by atomic mass is 10.2. The Bertz CT molecular complexity index is 1480. The van der Waals surface area contributed by atoms with E-state index in [1.165, 1.54) is 24.3 Å². The molecule has 0 bridgehead atoms. The molecule has 1 aliphatic rings. The first-order valence-electron chi connectivity index (χ1n) is 11.2. The van der Waals surface area contributed by atoms with Crippen molar-refractivity contribution in [1.82, 2.24) is 9.47 Å². The molecule has 5 rings (SSSR count). The van der Waals surface area contributed by atoms with Crippen LogP contribution in [0.25, 0.3) is 10.9 Å². The van der Waals surface area contributed by atoms with Crippen LogP contribution < -0.4 is 4.90 Å². The van der Waals surface area contributed by atoms with Crippen molar-refractivity contribution >= 4 is 43.9 Å². The van der Waals surface area contributed by atoms with E-state index in [0.29, 0.717) is 42.1 Å². The molecule has 4 aromatic rings. The quantitative estimate of drug-likeness (QED) is 0.392. The summed E-state index contributed by atoms with van der Waals surface area (Å²) in [6, 6.07) is 19.6. The highest BCUT2D eigenvalue weighted by molar-refractivity contribution is 7.91. The SMILES string of the molecule is O=C(Cn1cc(S(=O)(=O)c2ccc(Cl)cc2)c2ccccc21)N1CCN(c2ccc(F)cc2)CC1. The standard InChI is InChI=1S/C26H23ClFN3O3S/c27-19-5-11-22(12-6-19)35(33,34)25-17-31(24-4-2-1-3-23(24)25)18-26(32)30-15-13-29(14-16-30)21-9-7-20(28)8-10-21/h1-12,17H,13-16,18H2. The van der Waals surface area contributed by atoms with Crippen molar-refractivity contribution in [2.75, 3.05) is 31.1 Å². The molecule has 1 fully saturated rings. The molecular weight excluding hydrogens is 489 g/mol. The highest BCUT2D eigenvalue weighted by Crippen LogP contribution is 2.31. The van der Waals surface area contributed by atoms with Gasteiger partial charge in [-0.05, 0) is 54.6 Å². The van der Waals surface area contributed by atoms with Gasteiger partial charge < -0.3 is 14.4 Å². The van der Waals surface area contributed by atoms with Gasteiger partial charge in [-0.2, -0.15) is 0 Å². The van der Waals surface area contributed by atoms with Gasteiger partial charge in [0.1, 0.15) is 12.4 Å². The van der Waals surface area contributed by atoms with E-state index in [9.17, 15) is 17.6 Å². The number of halogens is 2. The molecule has 0 atom stereocenters. The van der Waals surface area contributed by atoms with E-state index in [-0.39, 0.29) is 28.1 Å². The molecule has 1 aromatic heterocycles. The van der Waals surface area contributed by atoms with Crippen LogP contribution in [0.1, 0.15) is 0 Å². The number of fused-ring (bicyclic) bond motifs is 1. The van der Waals surface area contributed by atoms with Crippen molar-refractivity contribution in [1.29, 1.82) is 0 Å². The van der Waals surface area contributed by atoms with Gasteiger partial charge in [-0.25, -0.2) is 12.8 Å². The second kappa shape index (κ2) is 9.36. The summed E-state index contributed by atoms with van der Waals surface area (Å²) >= 11 is 5.93. The first-order valence-corrected chi connectivity index (χ1v) is 13.1. The van der Waals surface area contributed by atoms with Crippen molar-refractivity contribution in [3.8, 4) is 0 Å². The van der Waals surface area contributed by atoms with Gasteiger partial charge in [0.2, 0.25) is 15.7 Å². The third-order valence-corrected chi connectivity index (χ3v) is 8.34. The van der Waals surface area contributed by atoms with E-state index in [2.05, 4.69) is 4.90 Å². The van der Waals surface area contributed by atoms with Gasteiger partial charge in [0.15, 0.2) is 0 Å². The number of carbonyl (C=O) groups is 1. The van der Waals surface area contributed by atoms with Crippen molar-refractivity contribution in [2.24, 2.45) is 0 Å². The van der Waals surface area contributed by atoms with E-state index >= 15 is 0 Å². The summed E-state index contributed by atoms with van der Waals surface area (Å²) in [5, 5.41) is 1.02. The summed E-state index contributed by atoms with van der Waals surface area (Å²) < 4.78 is 41.7. The second-order valence-electron chi connectivity index (χ2n) is 8.44. The third kappa shape index (κ3) is 4.63. The van der Waals surface area contributed by atoms with Crippen LogP contribution in [-0.2, 0) is 21.2 Å². The normalized spacial score (nSPS) is 14.5. The zero-order valence-corrected chi connectivity index (χ0v) is 20.3. The molecule has 9 heteroatoms. The van der Waals surface area contributed by atoms with Crippen LogP contribution in [-0.4, -0.2) is 50.0 Å². The van der Waals surface area contributed by atoms with E-state index in [1.807, 2.05) is 12.1 Å². The molecule has 35 heavy (non-hydrogen) atoms. The van der Waals surface area contributed by atoms with Crippen molar-refractivity contribution < 1.29 is 17.6 Å². The number of rotatable bonds is 5. The summed E-state index contributed by atoms with van der Waals surface area (Å²) in [6.07, 6.45) is 1.54. The van der Waals surface area contributed by atoms with Gasteiger partial charge in [-0.1, -0.05) is 29.8 Å². The summed E-state index contributed by atoms with van der Waals surface area (Å²) in [6.45, 7) is 2.38. The van der Waals surface area contributed by atoms with Crippen molar-refractivity contribution in [3.63, 3.8) is 0 Å². The molecule has 0 N–H and O–H groups in total. The lowest BCUT2D eigenvalue weighted by Gasteiger charge is -2.36. The first kappa shape index (κ1) is 23.4. The highest BCUT2D eigenvalue weighted by atomic mass is 35.5. The van der Waals surface area contributed by atoms with Crippen LogP contribution in [0, 0.1) is 5.82 Å². The third-order valence-electron chi connectivity index (χ3n) is 6.30. The Hall–Kier alpha value is -3.36. The number of aromatic nitrogens is 1. The van der Waals surface area contributed by atoms with Crippen molar-refractivity contribution in [3.05, 3.63) is 89.8 Å². The first-order chi connectivity index (χ1) is 16.8. The minimum Gasteiger partial charge on any atom is -0.368 e. The average molecular weight is 512 g/mol. The molecule has 0 radical (unpaired) electrons. The Kier molecular flexibility index (Phi) is 6.25. The van der Waals surface area contributed by atoms with Gasteiger partial charge in [0.25, 0.3) is 0 Å². The molecule has 1 amide bonds. The van der Waals surface area contributed by atoms with Gasteiger partial charge in [0.05, 0.1) is 9.79 Å². The molecule has 0 unspecified atom stereocenters. The maximum atomic E-state index is 13.4. The van der Waals surface area contributed by atoms with Crippen LogP contribution >= 0.6 is 11.6 Å². The monoisotopic (exact) mass is 511 g/mol. The lowest BCUT2D eigenvalue weighted by molar-refractivity contribution is -0.132. The van der Waals surface area contributed by atoms with Crippen LogP contribution in [0.5, 0.6) is 0 Å². The molecular formula is C26H23ClFN3O3S. The van der Waals surface area contributed by atoms with Gasteiger partial charge in [-0.3, -0.25) is 4.79 Å². The molecule has 0 saturated carbocycles. The molecule has 0 aliphatic carbocycles. The fourth-order valence-corrected chi connectivity index (χ4v) is 6.01. The predicted octanol–water partition coefficient (Wildman–Crippen LogP) is 4.62. The number of para-hydroxylation sites is 1. The molecule has 0 spiro atoms. The van der Waals surface area contributed by atoms with Crippen LogP contribution in [0.2, 0.25) is 5.02 Å². The van der Waals surface area contributed by atoms with Gasteiger partial charge in [-0.15, -0.1) is 0 Å². The molecule has 3 aromatic carbocycles. The average Bonchev–Trinajstić information content (AvgIpc) is 3.24. The van der Waals surface area contributed by atoms with E-state index < -0.39 is 9.84 Å². The molecule has 180 valence electrons. The highest BCUT2D eigenvalue weighted by Gasteiger charge is 2.26. The maximum absolute atomic E-state index is 13.4. The van der Waals surface area contributed by atoms with Crippen LogP contribution in [0.3, 0.4) is 0 Å².